The summed E-state index contributed by atoms with van der Waals surface area (Å²) in [6.45, 7) is 23.4. The van der Waals surface area contributed by atoms with Crippen LogP contribution in [0.1, 0.15) is 27.7 Å². The lowest BCUT2D eigenvalue weighted by Crippen LogP contribution is -2.41. The predicted molar refractivity (Wildman–Crippen MR) is 170 cm³/mol. The fourth-order valence-corrected chi connectivity index (χ4v) is 6.15. The van der Waals surface area contributed by atoms with Crippen LogP contribution in [0.3, 0.4) is 0 Å². The van der Waals surface area contributed by atoms with Gasteiger partial charge in [-0.25, -0.2) is 9.78 Å². The zero-order valence-corrected chi connectivity index (χ0v) is 28.6. The molecule has 220 valence electrons. The number of aromatic nitrogens is 3. The standard InChI is InChI=1S/C28H45BClN3O5Si2/c1-27(2)28(3,4)38-29(37-27)21-15-20-16-24-25(31-23(20)17-22(21)30)33(19-36-12-14-40(8,9)10)26(34)32(24)18-35-11-13-39(5,6)7/h15-17H,11-14,18-19H2,1-10H3. The molecule has 3 heterocycles. The summed E-state index contributed by atoms with van der Waals surface area (Å²) in [5.41, 5.74) is 1.50. The number of nitrogens with zero attached hydrogens (tertiary/aromatic N) is 3. The summed E-state index contributed by atoms with van der Waals surface area (Å²) in [6.07, 6.45) is 0. The van der Waals surface area contributed by atoms with Gasteiger partial charge >= 0.3 is 12.8 Å². The van der Waals surface area contributed by atoms with Crippen molar-refractivity contribution < 1.29 is 18.8 Å². The second kappa shape index (κ2) is 11.3. The van der Waals surface area contributed by atoms with E-state index in [-0.39, 0.29) is 19.2 Å². The Morgan fingerprint density at radius 1 is 0.875 bits per heavy atom. The monoisotopic (exact) mass is 605 g/mol. The van der Waals surface area contributed by atoms with E-state index in [4.69, 9.17) is 35.4 Å². The molecular weight excluding hydrogens is 561 g/mol. The average Bonchev–Trinajstić information content (AvgIpc) is 3.18. The Kier molecular flexibility index (Phi) is 8.90. The van der Waals surface area contributed by atoms with E-state index in [9.17, 15) is 4.79 Å². The van der Waals surface area contributed by atoms with E-state index < -0.39 is 34.5 Å². The largest absolute Gasteiger partial charge is 0.496 e. The highest BCUT2D eigenvalue weighted by Crippen LogP contribution is 2.37. The molecule has 3 aromatic rings. The highest BCUT2D eigenvalue weighted by Gasteiger charge is 2.52. The topological polar surface area (TPSA) is 76.7 Å². The Balaban J connectivity index is 1.72. The van der Waals surface area contributed by atoms with Crippen molar-refractivity contribution in [2.24, 2.45) is 0 Å². The summed E-state index contributed by atoms with van der Waals surface area (Å²) in [4.78, 5) is 18.5. The van der Waals surface area contributed by atoms with E-state index in [1.165, 1.54) is 0 Å². The summed E-state index contributed by atoms with van der Waals surface area (Å²) in [7, 11) is -3.12. The van der Waals surface area contributed by atoms with Crippen molar-refractivity contribution in [1.29, 1.82) is 0 Å². The fraction of sp³-hybridized carbons (Fsp3) is 0.643. The van der Waals surface area contributed by atoms with Crippen LogP contribution in [0, 0.1) is 0 Å². The maximum absolute atomic E-state index is 13.6. The van der Waals surface area contributed by atoms with Crippen LogP contribution in [-0.2, 0) is 32.2 Å². The third-order valence-electron chi connectivity index (χ3n) is 7.84. The number of rotatable bonds is 11. The van der Waals surface area contributed by atoms with Crippen LogP contribution in [0.5, 0.6) is 0 Å². The van der Waals surface area contributed by atoms with Crippen molar-refractivity contribution in [2.75, 3.05) is 13.2 Å². The number of benzene rings is 1. The van der Waals surface area contributed by atoms with Crippen LogP contribution >= 0.6 is 11.6 Å². The molecule has 0 radical (unpaired) electrons. The first-order chi connectivity index (χ1) is 18.4. The van der Waals surface area contributed by atoms with Gasteiger partial charge in [0, 0.05) is 45.2 Å². The third-order valence-corrected chi connectivity index (χ3v) is 11.6. The molecule has 1 aromatic carbocycles. The van der Waals surface area contributed by atoms with Gasteiger partial charge in [0.05, 0.1) is 22.2 Å². The summed E-state index contributed by atoms with van der Waals surface area (Å²) >= 11 is 6.75. The van der Waals surface area contributed by atoms with Gasteiger partial charge in [0.1, 0.15) is 13.5 Å². The Bertz CT molecular complexity index is 1430. The van der Waals surface area contributed by atoms with Crippen LogP contribution in [0.4, 0.5) is 0 Å². The molecule has 4 rings (SSSR count). The van der Waals surface area contributed by atoms with Gasteiger partial charge < -0.3 is 18.8 Å². The predicted octanol–water partition coefficient (Wildman–Crippen LogP) is 5.93. The minimum Gasteiger partial charge on any atom is -0.399 e. The molecule has 0 unspecified atom stereocenters. The number of hydrogen-bond acceptors (Lipinski definition) is 6. The summed E-state index contributed by atoms with van der Waals surface area (Å²) in [5, 5.41) is 1.35. The quantitative estimate of drug-likeness (QED) is 0.199. The summed E-state index contributed by atoms with van der Waals surface area (Å²) in [6, 6.07) is 7.80. The van der Waals surface area contributed by atoms with E-state index in [1.807, 2.05) is 45.9 Å². The molecule has 1 aliphatic heterocycles. The van der Waals surface area contributed by atoms with Crippen molar-refractivity contribution in [1.82, 2.24) is 14.1 Å². The molecule has 0 atom stereocenters. The summed E-state index contributed by atoms with van der Waals surface area (Å²) < 4.78 is 27.8. The first-order valence-electron chi connectivity index (χ1n) is 14.1. The minimum atomic E-state index is -1.26. The van der Waals surface area contributed by atoms with Crippen molar-refractivity contribution >= 4 is 62.4 Å². The zero-order chi connectivity index (χ0) is 29.7. The van der Waals surface area contributed by atoms with Crippen molar-refractivity contribution in [3.05, 3.63) is 33.7 Å². The zero-order valence-electron chi connectivity index (χ0n) is 25.8. The molecule has 0 bridgehead atoms. The first kappa shape index (κ1) is 31.5. The molecule has 0 N–H and O–H groups in total. The van der Waals surface area contributed by atoms with E-state index in [0.717, 1.165) is 22.9 Å². The van der Waals surface area contributed by atoms with Gasteiger partial charge in [-0.1, -0.05) is 56.9 Å². The Morgan fingerprint density at radius 3 is 1.93 bits per heavy atom. The smallest absolute Gasteiger partial charge is 0.399 e. The van der Waals surface area contributed by atoms with Crippen LogP contribution in [0.25, 0.3) is 22.1 Å². The van der Waals surface area contributed by atoms with Crippen LogP contribution in [0.15, 0.2) is 23.0 Å². The lowest BCUT2D eigenvalue weighted by Gasteiger charge is -2.32. The maximum Gasteiger partial charge on any atom is 0.496 e. The highest BCUT2D eigenvalue weighted by molar-refractivity contribution is 6.76. The molecule has 40 heavy (non-hydrogen) atoms. The molecule has 12 heteroatoms. The van der Waals surface area contributed by atoms with Crippen molar-refractivity contribution in [3.8, 4) is 0 Å². The highest BCUT2D eigenvalue weighted by atomic mass is 35.5. The molecule has 1 fully saturated rings. The Labute approximate surface area is 245 Å². The maximum atomic E-state index is 13.6. The van der Waals surface area contributed by atoms with Crippen molar-refractivity contribution in [2.45, 2.75) is 104 Å². The van der Waals surface area contributed by atoms with E-state index in [0.29, 0.717) is 34.9 Å². The summed E-state index contributed by atoms with van der Waals surface area (Å²) in [5.74, 6) is 0. The van der Waals surface area contributed by atoms with Crippen LogP contribution in [0.2, 0.25) is 56.4 Å². The van der Waals surface area contributed by atoms with Crippen LogP contribution in [-0.4, -0.2) is 61.8 Å². The van der Waals surface area contributed by atoms with Crippen LogP contribution < -0.4 is 11.2 Å². The molecule has 0 spiro atoms. The normalized spacial score (nSPS) is 17.4. The van der Waals surface area contributed by atoms with E-state index >= 15 is 0 Å². The lowest BCUT2D eigenvalue weighted by molar-refractivity contribution is 0.00578. The number of halogens is 1. The Hall–Kier alpha value is -1.47. The second-order valence-electron chi connectivity index (χ2n) is 14.3. The number of imidazole rings is 1. The third kappa shape index (κ3) is 6.94. The van der Waals surface area contributed by atoms with Gasteiger partial charge in [-0.3, -0.25) is 9.13 Å². The lowest BCUT2D eigenvalue weighted by atomic mass is 9.78. The molecule has 0 aliphatic carbocycles. The number of pyridine rings is 1. The van der Waals surface area contributed by atoms with Gasteiger partial charge in [-0.15, -0.1) is 0 Å². The molecule has 0 amide bonds. The number of fused-ring (bicyclic) bond motifs is 2. The molecule has 2 aromatic heterocycles. The number of ether oxygens (including phenoxy) is 2. The fourth-order valence-electron chi connectivity index (χ4n) is 4.39. The van der Waals surface area contributed by atoms with Gasteiger partial charge in [0.15, 0.2) is 5.65 Å². The first-order valence-corrected chi connectivity index (χ1v) is 21.9. The second-order valence-corrected chi connectivity index (χ2v) is 26.0. The van der Waals surface area contributed by atoms with Crippen molar-refractivity contribution in [3.63, 3.8) is 0 Å². The van der Waals surface area contributed by atoms with Gasteiger partial charge in [-0.05, 0) is 51.9 Å². The SMILES string of the molecule is CC1(C)OB(c2cc3cc4c(nc3cc2Cl)n(COCC[Si](C)(C)C)c(=O)n4COCC[Si](C)(C)C)OC1(C)C. The van der Waals surface area contributed by atoms with E-state index in [1.54, 1.807) is 9.13 Å². The van der Waals surface area contributed by atoms with E-state index in [2.05, 4.69) is 39.3 Å². The van der Waals surface area contributed by atoms with Gasteiger partial charge in [-0.2, -0.15) is 0 Å². The molecule has 1 aliphatic rings. The van der Waals surface area contributed by atoms with Gasteiger partial charge in [0.2, 0.25) is 0 Å². The minimum absolute atomic E-state index is 0.139. The molecule has 8 nitrogen and oxygen atoms in total. The van der Waals surface area contributed by atoms with Gasteiger partial charge in [0.25, 0.3) is 0 Å². The average molecular weight is 606 g/mol. The molecule has 1 saturated heterocycles. The molecular formula is C28H45BClN3O5Si2. The number of hydrogen-bond donors (Lipinski definition) is 0. The molecule has 0 saturated carbocycles. The Morgan fingerprint density at radius 2 is 1.40 bits per heavy atom.